The van der Waals surface area contributed by atoms with Crippen molar-refractivity contribution in [2.24, 2.45) is 5.92 Å². The summed E-state index contributed by atoms with van der Waals surface area (Å²) < 4.78 is 4.60. The Morgan fingerprint density at radius 2 is 2.36 bits per heavy atom. The maximum atomic E-state index is 10.9. The van der Waals surface area contributed by atoms with Crippen LogP contribution < -0.4 is 0 Å². The van der Waals surface area contributed by atoms with Crippen LogP contribution in [0, 0.1) is 5.92 Å². The van der Waals surface area contributed by atoms with Gasteiger partial charge in [-0.15, -0.1) is 0 Å². The number of rotatable bonds is 4. The Morgan fingerprint density at radius 1 is 1.57 bits per heavy atom. The summed E-state index contributed by atoms with van der Waals surface area (Å²) in [5, 5.41) is 0. The molecule has 0 aromatic rings. The fraction of sp³-hybridized carbons (Fsp3) is 0.909. The number of carbonyl (C=O) groups is 1. The molecule has 14 heavy (non-hydrogen) atoms. The summed E-state index contributed by atoms with van der Waals surface area (Å²) in [6, 6.07) is 0. The lowest BCUT2D eigenvalue weighted by atomic mass is 10.0. The van der Waals surface area contributed by atoms with Crippen molar-refractivity contribution >= 4 is 5.97 Å². The normalized spacial score (nSPS) is 23.4. The van der Waals surface area contributed by atoms with E-state index in [1.54, 1.807) is 0 Å². The van der Waals surface area contributed by atoms with Crippen molar-refractivity contribution in [3.63, 3.8) is 0 Å². The molecule has 82 valence electrons. The van der Waals surface area contributed by atoms with Crippen LogP contribution in [0.15, 0.2) is 0 Å². The average molecular weight is 199 g/mol. The molecule has 0 bridgehead atoms. The Labute approximate surface area is 86.4 Å². The third-order valence-corrected chi connectivity index (χ3v) is 2.82. The second kappa shape index (κ2) is 6.02. The number of esters is 1. The van der Waals surface area contributed by atoms with Gasteiger partial charge >= 0.3 is 5.97 Å². The maximum Gasteiger partial charge on any atom is 0.305 e. The first-order chi connectivity index (χ1) is 6.72. The molecule has 3 nitrogen and oxygen atoms in total. The summed E-state index contributed by atoms with van der Waals surface area (Å²) >= 11 is 0. The molecule has 0 unspecified atom stereocenters. The molecule has 0 radical (unpaired) electrons. The van der Waals surface area contributed by atoms with E-state index in [0.29, 0.717) is 6.42 Å². The molecule has 0 saturated carbocycles. The predicted octanol–water partition coefficient (Wildman–Crippen LogP) is 1.67. The van der Waals surface area contributed by atoms with Gasteiger partial charge in [0.05, 0.1) is 7.11 Å². The van der Waals surface area contributed by atoms with Crippen LogP contribution in [0.1, 0.15) is 32.6 Å². The molecular formula is C11H21NO2. The van der Waals surface area contributed by atoms with E-state index in [0.717, 1.165) is 18.9 Å². The van der Waals surface area contributed by atoms with Crippen LogP contribution in [0.5, 0.6) is 0 Å². The van der Waals surface area contributed by atoms with Crippen LogP contribution in [0.4, 0.5) is 0 Å². The molecule has 0 aromatic carbocycles. The molecule has 3 heteroatoms. The van der Waals surface area contributed by atoms with E-state index in [4.69, 9.17) is 0 Å². The number of piperidine rings is 1. The monoisotopic (exact) mass is 199 g/mol. The number of carbonyl (C=O) groups excluding carboxylic acids is 1. The number of hydrogen-bond donors (Lipinski definition) is 0. The molecule has 1 fully saturated rings. The Hall–Kier alpha value is -0.570. The first-order valence-corrected chi connectivity index (χ1v) is 5.51. The highest BCUT2D eigenvalue weighted by Crippen LogP contribution is 2.15. The van der Waals surface area contributed by atoms with Gasteiger partial charge in [0, 0.05) is 13.0 Å². The van der Waals surface area contributed by atoms with Crippen molar-refractivity contribution in [1.29, 1.82) is 0 Å². The van der Waals surface area contributed by atoms with Gasteiger partial charge in [0.15, 0.2) is 0 Å². The highest BCUT2D eigenvalue weighted by molar-refractivity contribution is 5.69. The van der Waals surface area contributed by atoms with E-state index in [1.165, 1.54) is 33.0 Å². The van der Waals surface area contributed by atoms with E-state index < -0.39 is 0 Å². The largest absolute Gasteiger partial charge is 0.469 e. The molecule has 1 aliphatic rings. The Morgan fingerprint density at radius 3 is 3.00 bits per heavy atom. The molecular weight excluding hydrogens is 178 g/mol. The van der Waals surface area contributed by atoms with Gasteiger partial charge in [-0.25, -0.2) is 0 Å². The van der Waals surface area contributed by atoms with Gasteiger partial charge in [0.25, 0.3) is 0 Å². The van der Waals surface area contributed by atoms with E-state index in [9.17, 15) is 4.79 Å². The van der Waals surface area contributed by atoms with Crippen molar-refractivity contribution in [3.05, 3.63) is 0 Å². The highest BCUT2D eigenvalue weighted by Gasteiger charge is 2.15. The molecule has 1 rings (SSSR count). The van der Waals surface area contributed by atoms with Gasteiger partial charge in [-0.05, 0) is 38.3 Å². The molecule has 0 amide bonds. The number of nitrogens with zero attached hydrogens (tertiary/aromatic N) is 1. The van der Waals surface area contributed by atoms with Crippen LogP contribution in [-0.4, -0.2) is 37.6 Å². The minimum Gasteiger partial charge on any atom is -0.469 e. The van der Waals surface area contributed by atoms with Crippen molar-refractivity contribution in [1.82, 2.24) is 4.90 Å². The molecule has 1 heterocycles. The standard InChI is InChI=1S/C11H21NO2/c1-10-5-3-7-12(9-10)8-4-6-11(13)14-2/h10H,3-9H2,1-2H3/t10-/m1/s1. The Kier molecular flexibility index (Phi) is 4.94. The molecule has 1 saturated heterocycles. The quantitative estimate of drug-likeness (QED) is 0.645. The lowest BCUT2D eigenvalue weighted by molar-refractivity contribution is -0.140. The van der Waals surface area contributed by atoms with E-state index in [1.807, 2.05) is 0 Å². The van der Waals surface area contributed by atoms with Crippen molar-refractivity contribution < 1.29 is 9.53 Å². The fourth-order valence-corrected chi connectivity index (χ4v) is 2.04. The van der Waals surface area contributed by atoms with Crippen LogP contribution in [0.25, 0.3) is 0 Å². The van der Waals surface area contributed by atoms with E-state index in [2.05, 4.69) is 16.6 Å². The van der Waals surface area contributed by atoms with E-state index >= 15 is 0 Å². The minimum absolute atomic E-state index is 0.0879. The van der Waals surface area contributed by atoms with Crippen LogP contribution in [-0.2, 0) is 9.53 Å². The van der Waals surface area contributed by atoms with Crippen LogP contribution in [0.2, 0.25) is 0 Å². The van der Waals surface area contributed by atoms with Gasteiger partial charge in [-0.2, -0.15) is 0 Å². The zero-order valence-corrected chi connectivity index (χ0v) is 9.29. The lowest BCUT2D eigenvalue weighted by Crippen LogP contribution is -2.35. The summed E-state index contributed by atoms with van der Waals surface area (Å²) in [6.07, 6.45) is 4.15. The third kappa shape index (κ3) is 4.09. The lowest BCUT2D eigenvalue weighted by Gasteiger charge is -2.30. The Balaban J connectivity index is 2.08. The number of hydrogen-bond acceptors (Lipinski definition) is 3. The molecule has 0 aromatic heterocycles. The topological polar surface area (TPSA) is 29.5 Å². The first-order valence-electron chi connectivity index (χ1n) is 5.51. The number of likely N-dealkylation sites (tertiary alicyclic amines) is 1. The zero-order valence-electron chi connectivity index (χ0n) is 9.29. The van der Waals surface area contributed by atoms with Gasteiger partial charge < -0.3 is 9.64 Å². The SMILES string of the molecule is COC(=O)CCCN1CCC[C@@H](C)C1. The summed E-state index contributed by atoms with van der Waals surface area (Å²) in [5.41, 5.74) is 0. The highest BCUT2D eigenvalue weighted by atomic mass is 16.5. The Bertz CT molecular complexity index is 182. The predicted molar refractivity (Wildman–Crippen MR) is 56.1 cm³/mol. The van der Waals surface area contributed by atoms with Crippen molar-refractivity contribution in [2.75, 3.05) is 26.7 Å². The second-order valence-electron chi connectivity index (χ2n) is 4.23. The minimum atomic E-state index is -0.0879. The maximum absolute atomic E-state index is 10.9. The van der Waals surface area contributed by atoms with Crippen LogP contribution >= 0.6 is 0 Å². The van der Waals surface area contributed by atoms with Gasteiger partial charge in [-0.3, -0.25) is 4.79 Å². The van der Waals surface area contributed by atoms with E-state index in [-0.39, 0.29) is 5.97 Å². The van der Waals surface area contributed by atoms with Crippen LogP contribution in [0.3, 0.4) is 0 Å². The number of ether oxygens (including phenoxy) is 1. The number of methoxy groups -OCH3 is 1. The third-order valence-electron chi connectivity index (χ3n) is 2.82. The summed E-state index contributed by atoms with van der Waals surface area (Å²) in [5.74, 6) is 0.733. The van der Waals surface area contributed by atoms with Crippen molar-refractivity contribution in [2.45, 2.75) is 32.6 Å². The molecule has 1 aliphatic heterocycles. The van der Waals surface area contributed by atoms with Gasteiger partial charge in [-0.1, -0.05) is 6.92 Å². The summed E-state index contributed by atoms with van der Waals surface area (Å²) in [6.45, 7) is 5.73. The second-order valence-corrected chi connectivity index (χ2v) is 4.23. The van der Waals surface area contributed by atoms with Gasteiger partial charge in [0.1, 0.15) is 0 Å². The molecule has 0 aliphatic carbocycles. The smallest absolute Gasteiger partial charge is 0.305 e. The first kappa shape index (κ1) is 11.5. The molecule has 0 spiro atoms. The average Bonchev–Trinajstić information content (AvgIpc) is 2.17. The molecule has 1 atom stereocenters. The van der Waals surface area contributed by atoms with Gasteiger partial charge in [0.2, 0.25) is 0 Å². The summed E-state index contributed by atoms with van der Waals surface area (Å²) in [4.78, 5) is 13.3. The zero-order chi connectivity index (χ0) is 10.4. The molecule has 0 N–H and O–H groups in total. The summed E-state index contributed by atoms with van der Waals surface area (Å²) in [7, 11) is 1.45. The fourth-order valence-electron chi connectivity index (χ4n) is 2.04. The van der Waals surface area contributed by atoms with Crippen molar-refractivity contribution in [3.8, 4) is 0 Å².